The summed E-state index contributed by atoms with van der Waals surface area (Å²) in [5.74, 6) is 0.596. The Bertz CT molecular complexity index is 1260. The molecule has 2 aromatic carbocycles. The van der Waals surface area contributed by atoms with Crippen molar-refractivity contribution in [3.63, 3.8) is 0 Å². The van der Waals surface area contributed by atoms with Gasteiger partial charge in [-0.15, -0.1) is 11.3 Å². The Hall–Kier alpha value is -2.52. The maximum atomic E-state index is 12.1. The number of benzene rings is 2. The van der Waals surface area contributed by atoms with Crippen molar-refractivity contribution >= 4 is 67.7 Å². The third kappa shape index (κ3) is 11.6. The Morgan fingerprint density at radius 2 is 1.62 bits per heavy atom. The maximum absolute atomic E-state index is 12.1. The minimum Gasteiger partial charge on any atom is -0.495 e. The number of rotatable bonds is 6. The smallest absolute Gasteiger partial charge is 0.251 e. The minimum atomic E-state index is -3.84. The van der Waals surface area contributed by atoms with Gasteiger partial charge in [0.05, 0.1) is 17.0 Å². The molecule has 10 N–H and O–H groups in total. The van der Waals surface area contributed by atoms with E-state index in [0.717, 1.165) is 29.5 Å². The zero-order chi connectivity index (χ0) is 26.8. The Balaban J connectivity index is 0. The van der Waals surface area contributed by atoms with E-state index in [1.54, 1.807) is 30.6 Å². The number of aliphatic hydroxyl groups excluding tert-OH is 2. The summed E-state index contributed by atoms with van der Waals surface area (Å²) in [5, 5.41) is 22.1. The zero-order valence-electron chi connectivity index (χ0n) is 19.4. The van der Waals surface area contributed by atoms with E-state index in [-0.39, 0.29) is 17.8 Å². The highest BCUT2D eigenvalue weighted by molar-refractivity contribution is 7.89. The fourth-order valence-electron chi connectivity index (χ4n) is 3.08. The van der Waals surface area contributed by atoms with Gasteiger partial charge in [-0.2, -0.15) is 0 Å². The lowest BCUT2D eigenvalue weighted by Crippen LogP contribution is -2.13. The average Bonchev–Trinajstić information content (AvgIpc) is 3.16. The first-order valence-corrected chi connectivity index (χ1v) is 13.5. The van der Waals surface area contributed by atoms with E-state index in [9.17, 15) is 8.42 Å². The van der Waals surface area contributed by atoms with E-state index in [1.165, 1.54) is 10.9 Å². The number of aliphatic hydroxyl groups is 2. The first-order valence-electron chi connectivity index (χ1n) is 9.86. The molecule has 0 saturated carbocycles. The van der Waals surface area contributed by atoms with Gasteiger partial charge < -0.3 is 31.9 Å². The summed E-state index contributed by atoms with van der Waals surface area (Å²) in [6, 6.07) is 12.4. The molecule has 3 aromatic rings. The maximum Gasteiger partial charge on any atom is 0.251 e. The Morgan fingerprint density at radius 3 is 2.08 bits per heavy atom. The fraction of sp³-hybridized carbons (Fsp3) is 0.217. The molecule has 0 spiro atoms. The van der Waals surface area contributed by atoms with Crippen molar-refractivity contribution in [3.8, 4) is 28.0 Å². The predicted octanol–water partition coefficient (Wildman–Crippen LogP) is 4.73. The lowest BCUT2D eigenvalue weighted by atomic mass is 9.95. The van der Waals surface area contributed by atoms with E-state index in [0.29, 0.717) is 16.3 Å². The molecule has 0 saturated heterocycles. The number of halogens is 1. The predicted molar refractivity (Wildman–Crippen MR) is 161 cm³/mol. The molecule has 0 aliphatic carbocycles. The Morgan fingerprint density at radius 1 is 1.08 bits per heavy atom. The first-order chi connectivity index (χ1) is 16.3. The van der Waals surface area contributed by atoms with E-state index < -0.39 is 20.4 Å². The van der Waals surface area contributed by atoms with Crippen LogP contribution in [0.4, 0.5) is 0 Å². The second-order valence-electron chi connectivity index (χ2n) is 6.76. The number of primary sulfonamides is 1. The first kappa shape index (κ1) is 36.6. The van der Waals surface area contributed by atoms with Crippen LogP contribution in [0.5, 0.6) is 5.75 Å². The lowest BCUT2D eigenvalue weighted by molar-refractivity contribution is 0.415. The molecule has 0 atom stereocenters. The van der Waals surface area contributed by atoms with Crippen molar-refractivity contribution < 1.29 is 28.8 Å². The monoisotopic (exact) mass is 609 g/mol. The molecule has 0 fully saturated rings. The van der Waals surface area contributed by atoms with Gasteiger partial charge in [-0.05, 0) is 60.0 Å². The van der Waals surface area contributed by atoms with Gasteiger partial charge in [-0.1, -0.05) is 56.6 Å². The van der Waals surface area contributed by atoms with Crippen molar-refractivity contribution in [1.29, 1.82) is 0 Å². The number of thiocarbonyl (C=S) groups is 2. The van der Waals surface area contributed by atoms with Crippen molar-refractivity contribution in [1.82, 2.24) is 0 Å². The number of aryl methyl sites for hydroxylation is 1. The summed E-state index contributed by atoms with van der Waals surface area (Å²) in [6.07, 6.45) is 1.87. The summed E-state index contributed by atoms with van der Waals surface area (Å²) in [7, 11) is -2.27. The van der Waals surface area contributed by atoms with Gasteiger partial charge in [-0.3, -0.25) is 0 Å². The number of thiophene rings is 1. The van der Waals surface area contributed by atoms with Crippen LogP contribution in [-0.4, -0.2) is 41.6 Å². The number of hydrogen-bond acceptors (Lipinski definition) is 6. The molecule has 9 nitrogen and oxygen atoms in total. The highest BCUT2D eigenvalue weighted by atomic mass is 35.5. The molecule has 0 unspecified atom stereocenters. The minimum absolute atomic E-state index is 0. The van der Waals surface area contributed by atoms with E-state index in [2.05, 4.69) is 42.8 Å². The van der Waals surface area contributed by atoms with E-state index in [4.69, 9.17) is 31.7 Å². The molecule has 0 aliphatic heterocycles. The van der Waals surface area contributed by atoms with Crippen LogP contribution in [0.3, 0.4) is 0 Å². The van der Waals surface area contributed by atoms with Crippen LogP contribution in [0.25, 0.3) is 22.3 Å². The molecule has 0 aliphatic rings. The van der Waals surface area contributed by atoms with Crippen LogP contribution in [0, 0.1) is 0 Å². The highest BCUT2D eigenvalue weighted by Crippen LogP contribution is 2.43. The van der Waals surface area contributed by atoms with Crippen LogP contribution in [0.2, 0.25) is 5.02 Å². The largest absolute Gasteiger partial charge is 0.495 e. The van der Waals surface area contributed by atoms with Crippen LogP contribution in [-0.2, 0) is 16.4 Å². The van der Waals surface area contributed by atoms with Gasteiger partial charge in [0.2, 0.25) is 10.0 Å². The van der Waals surface area contributed by atoms with Crippen molar-refractivity contribution in [2.45, 2.75) is 32.1 Å². The molecule has 3 rings (SSSR count). The second kappa shape index (κ2) is 17.1. The number of hydrogen-bond donors (Lipinski definition) is 5. The zero-order valence-corrected chi connectivity index (χ0v) is 23.4. The van der Waals surface area contributed by atoms with Crippen LogP contribution in [0.1, 0.15) is 25.6 Å². The molecule has 1 aromatic heterocycles. The van der Waals surface area contributed by atoms with Gasteiger partial charge in [0.25, 0.3) is 10.3 Å². The van der Waals surface area contributed by atoms with Gasteiger partial charge in [0, 0.05) is 21.6 Å². The number of nitrogens with two attached hydrogens (primary N) is 3. The molecule has 0 bridgehead atoms. The highest BCUT2D eigenvalue weighted by Gasteiger charge is 2.21. The third-order valence-electron chi connectivity index (χ3n) is 4.27. The molecular formula is C23H32ClN3O6S4. The molecule has 206 valence electrons. The summed E-state index contributed by atoms with van der Waals surface area (Å²) in [4.78, 5) is 1.30. The molecule has 1 heterocycles. The number of ether oxygens (including phenoxy) is 1. The molecule has 0 amide bonds. The van der Waals surface area contributed by atoms with E-state index in [1.807, 2.05) is 29.6 Å². The lowest BCUT2D eigenvalue weighted by Gasteiger charge is -2.12. The number of methoxy groups -OCH3 is 1. The summed E-state index contributed by atoms with van der Waals surface area (Å²) in [6.45, 7) is 2.11. The average molecular weight is 610 g/mol. The molecule has 0 radical (unpaired) electrons. The van der Waals surface area contributed by atoms with Gasteiger partial charge in [-0.25, -0.2) is 13.6 Å². The van der Waals surface area contributed by atoms with Crippen LogP contribution in [0.15, 0.2) is 52.7 Å². The topological polar surface area (TPSA) is 193 Å². The SMILES string of the molecule is C.CCCc1scc(-c2ccccc2S(N)(=O)=O)c1-c1ccc(OC)c(Cl)c1.NC(O)=S.NC(O)=S.O. The standard InChI is InChI=1S/C20H20ClNO3S2.2CH3NOS.CH4.H2O/c1-3-6-18-20(13-9-10-17(25-2)16(21)11-13)15(12-26-18)14-7-4-5-8-19(14)27(22,23)24;2*2-1(3)4;;/h4-5,7-12H,3,6H2,1-2H3,(H2,22,23,24);2*(H3,2,3,4);1H4;1H2. The van der Waals surface area contributed by atoms with Gasteiger partial charge in [0.1, 0.15) is 5.75 Å². The second-order valence-corrected chi connectivity index (χ2v) is 10.5. The van der Waals surface area contributed by atoms with Crippen molar-refractivity contribution in [3.05, 3.63) is 57.7 Å². The fourth-order valence-corrected chi connectivity index (χ4v) is 5.27. The summed E-state index contributed by atoms with van der Waals surface area (Å²) < 4.78 is 29.4. The normalized spacial score (nSPS) is 9.73. The van der Waals surface area contributed by atoms with Crippen LogP contribution < -0.4 is 21.3 Å². The Labute approximate surface area is 237 Å². The third-order valence-corrected chi connectivity index (χ3v) is 6.58. The van der Waals surface area contributed by atoms with Gasteiger partial charge >= 0.3 is 0 Å². The van der Waals surface area contributed by atoms with Crippen molar-refractivity contribution in [2.75, 3.05) is 7.11 Å². The number of sulfonamides is 1. The summed E-state index contributed by atoms with van der Waals surface area (Å²) >= 11 is 15.7. The van der Waals surface area contributed by atoms with Gasteiger partial charge in [0.15, 0.2) is 0 Å². The Kier molecular flexibility index (Phi) is 16.9. The quantitative estimate of drug-likeness (QED) is 0.245. The molecular weight excluding hydrogens is 578 g/mol. The molecule has 14 heteroatoms. The molecule has 37 heavy (non-hydrogen) atoms. The summed E-state index contributed by atoms with van der Waals surface area (Å²) in [5.41, 5.74) is 12.1. The van der Waals surface area contributed by atoms with Crippen molar-refractivity contribution in [2.24, 2.45) is 16.6 Å². The van der Waals surface area contributed by atoms with E-state index >= 15 is 0 Å². The van der Waals surface area contributed by atoms with Crippen LogP contribution >= 0.6 is 47.4 Å².